The molecule has 0 unspecified atom stereocenters. The molecule has 0 aromatic heterocycles. The molecule has 0 amide bonds. The summed E-state index contributed by atoms with van der Waals surface area (Å²) in [5.74, 6) is 0. The average molecular weight is 254 g/mol. The van der Waals surface area contributed by atoms with Gasteiger partial charge in [-0.2, -0.15) is 0 Å². The van der Waals surface area contributed by atoms with E-state index in [0.717, 1.165) is 13.1 Å². The van der Waals surface area contributed by atoms with Crippen molar-refractivity contribution >= 4 is 27.9 Å². The molecule has 0 saturated heterocycles. The first-order valence-corrected chi connectivity index (χ1v) is 10.1. The number of hydrogen-bond donors (Lipinski definition) is 0. The molecular weight excluding hydrogens is 240 g/mol. The van der Waals surface area contributed by atoms with Gasteiger partial charge in [-0.05, 0) is 0 Å². The van der Waals surface area contributed by atoms with Crippen molar-refractivity contribution in [3.8, 4) is 0 Å². The normalized spacial score (nSPS) is 8.45. The van der Waals surface area contributed by atoms with E-state index in [-0.39, 0.29) is 0 Å². The summed E-state index contributed by atoms with van der Waals surface area (Å²) in [5.41, 5.74) is 0. The average Bonchev–Trinajstić information content (AvgIpc) is 1.88. The summed E-state index contributed by atoms with van der Waals surface area (Å²) in [6.45, 7) is 6.40. The van der Waals surface area contributed by atoms with E-state index in [2.05, 4.69) is 19.2 Å². The number of halogens is 3. The second-order valence-corrected chi connectivity index (χ2v) is 9.62. The van der Waals surface area contributed by atoms with E-state index in [1.807, 2.05) is 0 Å². The van der Waals surface area contributed by atoms with Crippen molar-refractivity contribution < 1.29 is 14.7 Å². The fraction of sp³-hybridized carbons (Fsp3) is 1.00. The van der Waals surface area contributed by atoms with Crippen LogP contribution >= 0.6 is 27.9 Å². The van der Waals surface area contributed by atoms with Crippen LogP contribution in [0.25, 0.3) is 5.32 Å². The van der Waals surface area contributed by atoms with E-state index in [0.29, 0.717) is 0 Å². The van der Waals surface area contributed by atoms with Gasteiger partial charge in [0.05, 0.1) is 0 Å². The summed E-state index contributed by atoms with van der Waals surface area (Å²) >= 11 is -1.92. The number of nitrogens with zero attached hydrogens (tertiary/aromatic N) is 1. The van der Waals surface area contributed by atoms with Gasteiger partial charge in [0, 0.05) is 0 Å². The second-order valence-electron chi connectivity index (χ2n) is 1.89. The molecule has 0 N–H and O–H groups in total. The summed E-state index contributed by atoms with van der Waals surface area (Å²) in [6.07, 6.45) is 2.39. The Morgan fingerprint density at radius 3 is 1.45 bits per heavy atom. The second kappa shape index (κ2) is 14.1. The quantitative estimate of drug-likeness (QED) is 0.526. The summed E-state index contributed by atoms with van der Waals surface area (Å²) in [4.78, 5) is 0. The van der Waals surface area contributed by atoms with E-state index in [9.17, 15) is 0 Å². The minimum absolute atomic E-state index is 1.05. The van der Waals surface area contributed by atoms with Crippen LogP contribution in [0.4, 0.5) is 0 Å². The molecule has 0 fully saturated rings. The van der Waals surface area contributed by atoms with E-state index in [1.54, 1.807) is 0 Å². The van der Waals surface area contributed by atoms with Crippen molar-refractivity contribution in [3.63, 3.8) is 0 Å². The summed E-state index contributed by atoms with van der Waals surface area (Å²) in [5, 5.41) is 4.21. The van der Waals surface area contributed by atoms with Crippen LogP contribution in [0.3, 0.4) is 0 Å². The summed E-state index contributed by atoms with van der Waals surface area (Å²) in [6, 6.07) is 0. The Balaban J connectivity index is 0. The molecule has 0 saturated carbocycles. The molecule has 11 heavy (non-hydrogen) atoms. The van der Waals surface area contributed by atoms with Crippen molar-refractivity contribution in [1.82, 2.24) is 0 Å². The Labute approximate surface area is 87.2 Å². The van der Waals surface area contributed by atoms with Gasteiger partial charge in [0.25, 0.3) is 0 Å². The van der Waals surface area contributed by atoms with E-state index >= 15 is 0 Å². The monoisotopic (exact) mass is 253 g/mol. The van der Waals surface area contributed by atoms with Crippen molar-refractivity contribution in [1.29, 1.82) is 0 Å². The molecule has 0 aliphatic heterocycles. The zero-order valence-electron chi connectivity index (χ0n) is 6.91. The first-order chi connectivity index (χ1) is 5.15. The van der Waals surface area contributed by atoms with Crippen LogP contribution in [0.5, 0.6) is 0 Å². The third kappa shape index (κ3) is 34.2. The van der Waals surface area contributed by atoms with Gasteiger partial charge in [0.15, 0.2) is 0 Å². The molecule has 0 aliphatic rings. The molecule has 0 atom stereocenters. The molecule has 0 heterocycles. The zero-order valence-corrected chi connectivity index (χ0v) is 10.7. The SMILES string of the molecule is CCC[N-]CCC.[Cl][Ti+]([Cl])[Cl]. The molecule has 0 aromatic carbocycles. The maximum absolute atomic E-state index is 4.97. The first-order valence-electron chi connectivity index (χ1n) is 3.61. The van der Waals surface area contributed by atoms with Gasteiger partial charge < -0.3 is 5.32 Å². The Morgan fingerprint density at radius 2 is 1.27 bits per heavy atom. The van der Waals surface area contributed by atoms with Crippen molar-refractivity contribution in [2.75, 3.05) is 13.1 Å². The molecule has 0 bridgehead atoms. The van der Waals surface area contributed by atoms with Crippen molar-refractivity contribution in [3.05, 3.63) is 5.32 Å². The Morgan fingerprint density at radius 1 is 1.00 bits per heavy atom. The van der Waals surface area contributed by atoms with Crippen LogP contribution in [-0.2, 0) is 14.7 Å². The maximum atomic E-state index is 4.97. The van der Waals surface area contributed by atoms with Crippen molar-refractivity contribution in [2.24, 2.45) is 0 Å². The predicted molar refractivity (Wildman–Crippen MR) is 51.2 cm³/mol. The van der Waals surface area contributed by atoms with Crippen molar-refractivity contribution in [2.45, 2.75) is 26.7 Å². The van der Waals surface area contributed by atoms with Gasteiger partial charge >= 0.3 is 42.6 Å². The predicted octanol–water partition coefficient (Wildman–Crippen LogP) is 4.25. The molecule has 0 spiro atoms. The molecule has 68 valence electrons. The fourth-order valence-corrected chi connectivity index (χ4v) is 0.428. The van der Waals surface area contributed by atoms with Crippen LogP contribution in [0.2, 0.25) is 0 Å². The van der Waals surface area contributed by atoms with Gasteiger partial charge in [0.1, 0.15) is 0 Å². The van der Waals surface area contributed by atoms with E-state index in [4.69, 9.17) is 27.9 Å². The minimum atomic E-state index is -1.92. The van der Waals surface area contributed by atoms with Crippen LogP contribution in [-0.4, -0.2) is 13.1 Å². The standard InChI is InChI=1S/C6H14N.3ClH.Ti/c1-3-5-7-6-4-2;;;;/h3-6H2,1-2H3;3*1H;/q-1;;;;+4/p-3. The fourth-order valence-electron chi connectivity index (χ4n) is 0.428. The van der Waals surface area contributed by atoms with Gasteiger partial charge in [-0.1, -0.05) is 26.7 Å². The Kier molecular flexibility index (Phi) is 19.3. The number of hydrogen-bond acceptors (Lipinski definition) is 0. The molecule has 0 aromatic rings. The Bertz CT molecular complexity index is 57.0. The van der Waals surface area contributed by atoms with Crippen LogP contribution in [0.15, 0.2) is 0 Å². The van der Waals surface area contributed by atoms with Gasteiger partial charge in [-0.15, -0.1) is 13.1 Å². The van der Waals surface area contributed by atoms with Crippen LogP contribution < -0.4 is 0 Å². The summed E-state index contributed by atoms with van der Waals surface area (Å²) in [7, 11) is 14.9. The third-order valence-electron chi connectivity index (χ3n) is 0.763. The third-order valence-corrected chi connectivity index (χ3v) is 0.763. The number of rotatable bonds is 4. The molecular formula is C6H14Cl3NTi. The van der Waals surface area contributed by atoms with Crippen LogP contribution in [0.1, 0.15) is 26.7 Å². The molecule has 0 rings (SSSR count). The first kappa shape index (κ1) is 15.0. The molecule has 0 radical (unpaired) electrons. The molecule has 1 nitrogen and oxygen atoms in total. The van der Waals surface area contributed by atoms with E-state index in [1.165, 1.54) is 12.8 Å². The van der Waals surface area contributed by atoms with Gasteiger partial charge in [-0.3, -0.25) is 0 Å². The molecule has 5 heteroatoms. The van der Waals surface area contributed by atoms with Gasteiger partial charge in [-0.25, -0.2) is 0 Å². The zero-order chi connectivity index (χ0) is 9.11. The topological polar surface area (TPSA) is 14.1 Å². The Hall–Kier alpha value is 1.54. The molecule has 0 aliphatic carbocycles. The summed E-state index contributed by atoms with van der Waals surface area (Å²) < 4.78 is 0. The van der Waals surface area contributed by atoms with Crippen LogP contribution in [0, 0.1) is 0 Å². The van der Waals surface area contributed by atoms with Gasteiger partial charge in [0.2, 0.25) is 0 Å². The van der Waals surface area contributed by atoms with E-state index < -0.39 is 14.7 Å².